The van der Waals surface area contributed by atoms with Gasteiger partial charge < -0.3 is 10.6 Å². The SMILES string of the molecule is N#Cc1cc2ccccc2nc1N1C2CCC1CC(N)C2. The van der Waals surface area contributed by atoms with E-state index < -0.39 is 0 Å². The van der Waals surface area contributed by atoms with Gasteiger partial charge in [-0.1, -0.05) is 18.2 Å². The highest BCUT2D eigenvalue weighted by molar-refractivity contribution is 5.83. The summed E-state index contributed by atoms with van der Waals surface area (Å²) in [6.07, 6.45) is 4.35. The number of aromatic nitrogens is 1. The van der Waals surface area contributed by atoms with E-state index in [0.717, 1.165) is 42.4 Å². The molecule has 2 atom stereocenters. The Bertz CT molecular complexity index is 719. The highest BCUT2D eigenvalue weighted by Crippen LogP contribution is 2.39. The zero-order valence-corrected chi connectivity index (χ0v) is 11.9. The molecule has 0 saturated carbocycles. The Morgan fingerprint density at radius 3 is 2.62 bits per heavy atom. The van der Waals surface area contributed by atoms with Crippen LogP contribution in [0.4, 0.5) is 5.82 Å². The molecule has 0 amide bonds. The van der Waals surface area contributed by atoms with Crippen LogP contribution in [0.3, 0.4) is 0 Å². The maximum absolute atomic E-state index is 9.51. The first-order chi connectivity index (χ1) is 10.3. The fraction of sp³-hybridized carbons (Fsp3) is 0.412. The minimum Gasteiger partial charge on any atom is -0.349 e. The monoisotopic (exact) mass is 278 g/mol. The van der Waals surface area contributed by atoms with Gasteiger partial charge in [-0.2, -0.15) is 5.26 Å². The van der Waals surface area contributed by atoms with Gasteiger partial charge in [0.1, 0.15) is 11.9 Å². The summed E-state index contributed by atoms with van der Waals surface area (Å²) in [6, 6.07) is 13.5. The summed E-state index contributed by atoms with van der Waals surface area (Å²) >= 11 is 0. The summed E-state index contributed by atoms with van der Waals surface area (Å²) in [5.74, 6) is 0.857. The average Bonchev–Trinajstić information content (AvgIpc) is 2.77. The molecule has 1 aromatic heterocycles. The van der Waals surface area contributed by atoms with Crippen molar-refractivity contribution >= 4 is 16.7 Å². The summed E-state index contributed by atoms with van der Waals surface area (Å²) in [5.41, 5.74) is 7.79. The number of benzene rings is 1. The second kappa shape index (κ2) is 4.71. The lowest BCUT2D eigenvalue weighted by atomic mass is 9.97. The number of nitrogens with zero attached hydrogens (tertiary/aromatic N) is 3. The first kappa shape index (κ1) is 12.6. The van der Waals surface area contributed by atoms with Crippen molar-refractivity contribution < 1.29 is 0 Å². The van der Waals surface area contributed by atoms with E-state index >= 15 is 0 Å². The minimum atomic E-state index is 0.296. The molecule has 2 unspecified atom stereocenters. The van der Waals surface area contributed by atoms with Crippen LogP contribution in [0.1, 0.15) is 31.2 Å². The summed E-state index contributed by atoms with van der Waals surface area (Å²) in [4.78, 5) is 7.17. The van der Waals surface area contributed by atoms with Crippen molar-refractivity contribution in [3.8, 4) is 6.07 Å². The first-order valence-electron chi connectivity index (χ1n) is 7.60. The predicted molar refractivity (Wildman–Crippen MR) is 83.0 cm³/mol. The molecule has 3 heterocycles. The quantitative estimate of drug-likeness (QED) is 0.870. The Hall–Kier alpha value is -2.12. The van der Waals surface area contributed by atoms with E-state index in [9.17, 15) is 5.26 Å². The number of nitrogens with two attached hydrogens (primary N) is 1. The van der Waals surface area contributed by atoms with Crippen molar-refractivity contribution in [2.24, 2.45) is 5.73 Å². The number of piperidine rings is 1. The van der Waals surface area contributed by atoms with Gasteiger partial charge in [-0.25, -0.2) is 4.98 Å². The van der Waals surface area contributed by atoms with Crippen LogP contribution in [-0.2, 0) is 0 Å². The maximum Gasteiger partial charge on any atom is 0.147 e. The third-order valence-electron chi connectivity index (χ3n) is 4.84. The summed E-state index contributed by atoms with van der Waals surface area (Å²) in [5, 5.41) is 10.5. The van der Waals surface area contributed by atoms with Gasteiger partial charge >= 0.3 is 0 Å². The molecule has 2 aliphatic rings. The number of para-hydroxylation sites is 1. The van der Waals surface area contributed by atoms with Gasteiger partial charge in [0.15, 0.2) is 0 Å². The molecule has 4 rings (SSSR count). The second-order valence-electron chi connectivity index (χ2n) is 6.19. The molecule has 2 aliphatic heterocycles. The number of hydrogen-bond acceptors (Lipinski definition) is 4. The molecule has 21 heavy (non-hydrogen) atoms. The molecule has 2 aromatic rings. The van der Waals surface area contributed by atoms with Crippen LogP contribution in [0.5, 0.6) is 0 Å². The molecular weight excluding hydrogens is 260 g/mol. The molecule has 2 bridgehead atoms. The van der Waals surface area contributed by atoms with Gasteiger partial charge in [0.05, 0.1) is 11.1 Å². The Balaban J connectivity index is 1.85. The lowest BCUT2D eigenvalue weighted by molar-refractivity contribution is 0.412. The highest BCUT2D eigenvalue weighted by Gasteiger charge is 2.41. The van der Waals surface area contributed by atoms with Crippen LogP contribution in [0.2, 0.25) is 0 Å². The largest absolute Gasteiger partial charge is 0.349 e. The molecule has 0 spiro atoms. The number of fused-ring (bicyclic) bond motifs is 3. The maximum atomic E-state index is 9.51. The fourth-order valence-corrected chi connectivity index (χ4v) is 3.95. The normalized spacial score (nSPS) is 27.8. The third-order valence-corrected chi connectivity index (χ3v) is 4.84. The van der Waals surface area contributed by atoms with E-state index in [1.807, 2.05) is 30.3 Å². The molecule has 4 heteroatoms. The molecular formula is C17H18N4. The van der Waals surface area contributed by atoms with Gasteiger partial charge in [-0.05, 0) is 37.8 Å². The van der Waals surface area contributed by atoms with Crippen LogP contribution in [-0.4, -0.2) is 23.1 Å². The summed E-state index contributed by atoms with van der Waals surface area (Å²) in [7, 11) is 0. The molecule has 2 saturated heterocycles. The molecule has 4 nitrogen and oxygen atoms in total. The number of hydrogen-bond donors (Lipinski definition) is 1. The molecule has 2 fully saturated rings. The van der Waals surface area contributed by atoms with E-state index in [4.69, 9.17) is 10.7 Å². The van der Waals surface area contributed by atoms with Crippen molar-refractivity contribution in [2.75, 3.05) is 4.90 Å². The zero-order chi connectivity index (χ0) is 14.4. The summed E-state index contributed by atoms with van der Waals surface area (Å²) < 4.78 is 0. The van der Waals surface area contributed by atoms with Gasteiger partial charge in [-0.15, -0.1) is 0 Å². The van der Waals surface area contributed by atoms with Gasteiger partial charge in [0.2, 0.25) is 0 Å². The van der Waals surface area contributed by atoms with E-state index in [1.165, 1.54) is 0 Å². The fourth-order valence-electron chi connectivity index (χ4n) is 3.95. The summed E-state index contributed by atoms with van der Waals surface area (Å²) in [6.45, 7) is 0. The van der Waals surface area contributed by atoms with Crippen LogP contribution < -0.4 is 10.6 Å². The van der Waals surface area contributed by atoms with Crippen molar-refractivity contribution in [3.05, 3.63) is 35.9 Å². The zero-order valence-electron chi connectivity index (χ0n) is 11.9. The Morgan fingerprint density at radius 2 is 1.90 bits per heavy atom. The Morgan fingerprint density at radius 1 is 1.19 bits per heavy atom. The highest BCUT2D eigenvalue weighted by atomic mass is 15.3. The lowest BCUT2D eigenvalue weighted by Gasteiger charge is -2.39. The van der Waals surface area contributed by atoms with E-state index in [2.05, 4.69) is 11.0 Å². The van der Waals surface area contributed by atoms with Crippen LogP contribution >= 0.6 is 0 Å². The number of pyridine rings is 1. The third kappa shape index (κ3) is 1.97. The number of anilines is 1. The molecule has 106 valence electrons. The van der Waals surface area contributed by atoms with Crippen molar-refractivity contribution in [1.29, 1.82) is 5.26 Å². The topological polar surface area (TPSA) is 65.9 Å². The van der Waals surface area contributed by atoms with Gasteiger partial charge in [0, 0.05) is 23.5 Å². The Kier molecular flexibility index (Phi) is 2.83. The van der Waals surface area contributed by atoms with Crippen molar-refractivity contribution in [3.63, 3.8) is 0 Å². The van der Waals surface area contributed by atoms with Crippen molar-refractivity contribution in [1.82, 2.24) is 4.98 Å². The van der Waals surface area contributed by atoms with Crippen LogP contribution in [0.25, 0.3) is 10.9 Å². The standard InChI is InChI=1S/C17H18N4/c18-10-12-7-11-3-1-2-4-16(11)20-17(12)21-14-5-6-15(21)9-13(19)8-14/h1-4,7,13-15H,5-6,8-9,19H2. The minimum absolute atomic E-state index is 0.296. The second-order valence-corrected chi connectivity index (χ2v) is 6.19. The average molecular weight is 278 g/mol. The number of rotatable bonds is 1. The number of nitriles is 1. The van der Waals surface area contributed by atoms with E-state index in [-0.39, 0.29) is 0 Å². The smallest absolute Gasteiger partial charge is 0.147 e. The van der Waals surface area contributed by atoms with Gasteiger partial charge in [-0.3, -0.25) is 0 Å². The first-order valence-corrected chi connectivity index (χ1v) is 7.60. The van der Waals surface area contributed by atoms with Crippen LogP contribution in [0, 0.1) is 11.3 Å². The molecule has 0 aliphatic carbocycles. The van der Waals surface area contributed by atoms with Gasteiger partial charge in [0.25, 0.3) is 0 Å². The van der Waals surface area contributed by atoms with E-state index in [1.54, 1.807) is 0 Å². The van der Waals surface area contributed by atoms with Crippen LogP contribution in [0.15, 0.2) is 30.3 Å². The molecule has 0 radical (unpaired) electrons. The predicted octanol–water partition coefficient (Wildman–Crippen LogP) is 2.56. The van der Waals surface area contributed by atoms with E-state index in [0.29, 0.717) is 23.7 Å². The molecule has 1 aromatic carbocycles. The molecule has 2 N–H and O–H groups in total. The van der Waals surface area contributed by atoms with Crippen molar-refractivity contribution in [2.45, 2.75) is 43.8 Å². The Labute approximate surface area is 124 Å². The lowest BCUT2D eigenvalue weighted by Crippen LogP contribution is -2.48.